The van der Waals surface area contributed by atoms with Gasteiger partial charge in [0.1, 0.15) is 18.1 Å². The number of Topliss-reactive ketones (excluding diaryl/α,β-unsaturated/α-hetero) is 2. The van der Waals surface area contributed by atoms with Crippen LogP contribution in [0.2, 0.25) is 0 Å². The topological polar surface area (TPSA) is 198 Å². The average Bonchev–Trinajstić information content (AvgIpc) is 3.25. The summed E-state index contributed by atoms with van der Waals surface area (Å²) in [4.78, 5) is 59.6. The van der Waals surface area contributed by atoms with Crippen molar-refractivity contribution in [2.24, 2.45) is 51.8 Å². The highest BCUT2D eigenvalue weighted by Gasteiger charge is 2.31. The standard InChI is InChI=1S/C52H73N5O7/c1-34(2)24-28-62-46-22-20-37-14-7-9-17-42(37)48(46)49-43-18-10-8-15-38(43)21-23-47(49)64-33-41(58)31-39(16-11-12-26-53)50(60)57-44(19-13-27-56-52(54)55)45(59)32-40(30-36(5)6)51(61)63-29-25-35(3)4/h7-10,14-15,17-18,20-23,34-36,39-40,44H,11-13,16,19,24-33,53H2,1-6H3,(H,57,60)(H4,54,55,56)/t39-,40+,44+/m0/s1. The molecule has 0 bridgehead atoms. The van der Waals surface area contributed by atoms with Gasteiger partial charge in [-0.05, 0) is 103 Å². The van der Waals surface area contributed by atoms with Gasteiger partial charge < -0.3 is 36.7 Å². The van der Waals surface area contributed by atoms with Crippen molar-refractivity contribution >= 4 is 50.9 Å². The first-order valence-electron chi connectivity index (χ1n) is 23.2. The summed E-state index contributed by atoms with van der Waals surface area (Å²) >= 11 is 0. The van der Waals surface area contributed by atoms with E-state index in [2.05, 4.69) is 56.2 Å². The Bertz CT molecular complexity index is 2160. The highest BCUT2D eigenvalue weighted by molar-refractivity contribution is 6.10. The van der Waals surface area contributed by atoms with Gasteiger partial charge in [-0.25, -0.2) is 0 Å². The lowest BCUT2D eigenvalue weighted by molar-refractivity contribution is -0.151. The van der Waals surface area contributed by atoms with Crippen LogP contribution in [0.1, 0.15) is 106 Å². The summed E-state index contributed by atoms with van der Waals surface area (Å²) in [5, 5.41) is 6.97. The summed E-state index contributed by atoms with van der Waals surface area (Å²) in [6.07, 6.45) is 4.18. The Labute approximate surface area is 380 Å². The molecule has 1 amide bonds. The molecule has 4 aromatic rings. The van der Waals surface area contributed by atoms with Gasteiger partial charge in [-0.1, -0.05) is 109 Å². The van der Waals surface area contributed by atoms with E-state index >= 15 is 0 Å². The number of rotatable bonds is 29. The normalized spacial score (nSPS) is 12.9. The fourth-order valence-corrected chi connectivity index (χ4v) is 7.85. The number of carbonyl (C=O) groups is 4. The SMILES string of the molecule is CC(C)CCOC(=O)[C@@H](CC(=O)[C@@H](CCCN=C(N)N)NC(=O)[C@@H](CCCCN)CC(=O)COc1ccc2ccccc2c1-c1c(OCCC(C)C)ccc2ccccc12)CC(C)C. The number of nitrogens with one attached hydrogen (secondary N) is 1. The number of guanidine groups is 1. The maximum absolute atomic E-state index is 14.2. The zero-order valence-electron chi connectivity index (χ0n) is 39.0. The lowest BCUT2D eigenvalue weighted by Gasteiger charge is -2.24. The van der Waals surface area contributed by atoms with Crippen molar-refractivity contribution in [1.29, 1.82) is 0 Å². The Hall–Kier alpha value is -5.49. The molecular formula is C52H73N5O7. The minimum Gasteiger partial charge on any atom is -0.493 e. The van der Waals surface area contributed by atoms with E-state index in [-0.39, 0.29) is 62.5 Å². The van der Waals surface area contributed by atoms with Crippen molar-refractivity contribution in [1.82, 2.24) is 5.32 Å². The number of ketones is 2. The smallest absolute Gasteiger partial charge is 0.309 e. The summed E-state index contributed by atoms with van der Waals surface area (Å²) < 4.78 is 18.6. The van der Waals surface area contributed by atoms with Crippen molar-refractivity contribution in [2.75, 3.05) is 32.9 Å². The molecule has 0 spiro atoms. The summed E-state index contributed by atoms with van der Waals surface area (Å²) in [5.41, 5.74) is 18.7. The number of esters is 1. The second-order valence-corrected chi connectivity index (χ2v) is 18.2. The van der Waals surface area contributed by atoms with E-state index in [1.165, 1.54) is 0 Å². The number of amides is 1. The highest BCUT2D eigenvalue weighted by Crippen LogP contribution is 2.45. The summed E-state index contributed by atoms with van der Waals surface area (Å²) in [6, 6.07) is 23.2. The first kappa shape index (κ1) is 51.1. The molecule has 348 valence electrons. The van der Waals surface area contributed by atoms with Gasteiger partial charge >= 0.3 is 5.97 Å². The molecule has 0 unspecified atom stereocenters. The maximum Gasteiger partial charge on any atom is 0.309 e. The number of carbonyl (C=O) groups excluding carboxylic acids is 4. The zero-order chi connectivity index (χ0) is 46.6. The summed E-state index contributed by atoms with van der Waals surface area (Å²) in [7, 11) is 0. The number of nitrogens with zero attached hydrogens (tertiary/aromatic N) is 1. The fourth-order valence-electron chi connectivity index (χ4n) is 7.85. The molecule has 64 heavy (non-hydrogen) atoms. The van der Waals surface area contributed by atoms with Crippen LogP contribution in [-0.2, 0) is 23.9 Å². The highest BCUT2D eigenvalue weighted by atomic mass is 16.5. The second kappa shape index (κ2) is 26.3. The molecule has 0 radical (unpaired) electrons. The predicted octanol–water partition coefficient (Wildman–Crippen LogP) is 8.92. The molecular weight excluding hydrogens is 807 g/mol. The van der Waals surface area contributed by atoms with Crippen LogP contribution in [0.25, 0.3) is 32.7 Å². The maximum atomic E-state index is 14.2. The molecule has 4 rings (SSSR count). The molecule has 0 saturated carbocycles. The van der Waals surface area contributed by atoms with Crippen molar-refractivity contribution in [2.45, 2.75) is 112 Å². The Morgan fingerprint density at radius 1 is 0.641 bits per heavy atom. The fraction of sp³-hybridized carbons (Fsp3) is 0.519. The van der Waals surface area contributed by atoms with Gasteiger partial charge in [-0.3, -0.25) is 24.2 Å². The van der Waals surface area contributed by atoms with Gasteiger partial charge in [0.25, 0.3) is 0 Å². The number of unbranched alkanes of at least 4 members (excludes halogenated alkanes) is 1. The Kier molecular flexibility index (Phi) is 21.0. The van der Waals surface area contributed by atoms with E-state index in [1.807, 2.05) is 68.4 Å². The molecule has 0 aromatic heterocycles. The van der Waals surface area contributed by atoms with Crippen LogP contribution >= 0.6 is 0 Å². The minimum atomic E-state index is -0.930. The van der Waals surface area contributed by atoms with E-state index in [4.69, 9.17) is 31.4 Å². The number of fused-ring (bicyclic) bond motifs is 2. The van der Waals surface area contributed by atoms with E-state index in [1.54, 1.807) is 0 Å². The minimum absolute atomic E-state index is 0.0721. The van der Waals surface area contributed by atoms with Crippen molar-refractivity contribution < 1.29 is 33.4 Å². The van der Waals surface area contributed by atoms with E-state index < -0.39 is 29.8 Å². The molecule has 0 fully saturated rings. The number of hydrogen-bond donors (Lipinski definition) is 4. The molecule has 3 atom stereocenters. The van der Waals surface area contributed by atoms with Gasteiger partial charge in [-0.2, -0.15) is 0 Å². The lowest BCUT2D eigenvalue weighted by Crippen LogP contribution is -2.45. The quantitative estimate of drug-likeness (QED) is 0.0177. The van der Waals surface area contributed by atoms with E-state index in [0.717, 1.165) is 51.3 Å². The number of aliphatic imine (C=N–C) groups is 1. The molecule has 0 aliphatic heterocycles. The molecule has 0 saturated heterocycles. The second-order valence-electron chi connectivity index (χ2n) is 18.2. The van der Waals surface area contributed by atoms with Gasteiger partial charge in [0.2, 0.25) is 5.91 Å². The monoisotopic (exact) mass is 880 g/mol. The molecule has 7 N–H and O–H groups in total. The van der Waals surface area contributed by atoms with Crippen LogP contribution in [0, 0.1) is 29.6 Å². The Morgan fingerprint density at radius 3 is 1.81 bits per heavy atom. The van der Waals surface area contributed by atoms with Gasteiger partial charge in [0, 0.05) is 36.4 Å². The summed E-state index contributed by atoms with van der Waals surface area (Å²) in [6.45, 7) is 13.7. The van der Waals surface area contributed by atoms with Crippen molar-refractivity contribution in [3.8, 4) is 22.6 Å². The van der Waals surface area contributed by atoms with Gasteiger partial charge in [-0.15, -0.1) is 0 Å². The van der Waals surface area contributed by atoms with Crippen LogP contribution in [0.3, 0.4) is 0 Å². The van der Waals surface area contributed by atoms with Crippen LogP contribution in [0.15, 0.2) is 77.8 Å². The Balaban J connectivity index is 1.60. The van der Waals surface area contributed by atoms with Crippen LogP contribution in [-0.4, -0.2) is 68.4 Å². The zero-order valence-corrected chi connectivity index (χ0v) is 39.0. The van der Waals surface area contributed by atoms with Crippen molar-refractivity contribution in [3.05, 3.63) is 72.8 Å². The predicted molar refractivity (Wildman–Crippen MR) is 258 cm³/mol. The van der Waals surface area contributed by atoms with Crippen LogP contribution in [0.5, 0.6) is 11.5 Å². The molecule has 0 heterocycles. The summed E-state index contributed by atoms with van der Waals surface area (Å²) in [5.74, 6) is -0.671. The number of hydrogen-bond acceptors (Lipinski definition) is 9. The van der Waals surface area contributed by atoms with Crippen LogP contribution < -0.4 is 32.0 Å². The molecule has 4 aromatic carbocycles. The molecule has 12 nitrogen and oxygen atoms in total. The molecule has 12 heteroatoms. The number of benzene rings is 4. The lowest BCUT2D eigenvalue weighted by atomic mass is 9.89. The number of ether oxygens (including phenoxy) is 3. The average molecular weight is 880 g/mol. The number of nitrogens with two attached hydrogens (primary N) is 3. The van der Waals surface area contributed by atoms with Crippen LogP contribution in [0.4, 0.5) is 0 Å². The molecule has 0 aliphatic carbocycles. The third-order valence-electron chi connectivity index (χ3n) is 11.4. The van der Waals surface area contributed by atoms with E-state index in [9.17, 15) is 19.2 Å². The molecule has 0 aliphatic rings. The van der Waals surface area contributed by atoms with Gasteiger partial charge in [0.05, 0.1) is 25.2 Å². The third kappa shape index (κ3) is 16.3. The van der Waals surface area contributed by atoms with Crippen molar-refractivity contribution in [3.63, 3.8) is 0 Å². The Morgan fingerprint density at radius 2 is 1.23 bits per heavy atom. The first-order valence-corrected chi connectivity index (χ1v) is 23.2. The third-order valence-corrected chi connectivity index (χ3v) is 11.4. The largest absolute Gasteiger partial charge is 0.493 e. The first-order chi connectivity index (χ1) is 30.7. The van der Waals surface area contributed by atoms with E-state index in [0.29, 0.717) is 62.8 Å². The van der Waals surface area contributed by atoms with Gasteiger partial charge in [0.15, 0.2) is 17.5 Å².